The molecule has 0 saturated carbocycles. The van der Waals surface area contributed by atoms with Crippen LogP contribution in [-0.2, 0) is 14.3 Å². The van der Waals surface area contributed by atoms with Crippen LogP contribution in [0.1, 0.15) is 48.0 Å². The molecule has 0 aromatic heterocycles. The van der Waals surface area contributed by atoms with E-state index in [1.54, 1.807) is 41.5 Å². The molecule has 0 heterocycles. The molecule has 0 radical (unpaired) electrons. The third-order valence-corrected chi connectivity index (χ3v) is 2.41. The lowest BCUT2D eigenvalue weighted by Crippen LogP contribution is -2.45. The van der Waals surface area contributed by atoms with E-state index in [1.165, 1.54) is 13.3 Å². The van der Waals surface area contributed by atoms with Gasteiger partial charge in [0.2, 0.25) is 0 Å². The monoisotopic (exact) mass is 345 g/mol. The first-order valence-corrected chi connectivity index (χ1v) is 7.42. The number of carbonyl (C=O) groups excluding carboxylic acids is 2. The summed E-state index contributed by atoms with van der Waals surface area (Å²) in [6, 6.07) is -1.18. The predicted molar refractivity (Wildman–Crippen MR) is 87.9 cm³/mol. The fourth-order valence-corrected chi connectivity index (χ4v) is 1.44. The number of nitrogens with one attached hydrogen (secondary N) is 1. The maximum Gasteiger partial charge on any atom is 0.428 e. The normalized spacial score (nSPS) is 13.3. The highest BCUT2D eigenvalue weighted by Crippen LogP contribution is 2.12. The molecule has 1 atom stereocenters. The first-order valence-electron chi connectivity index (χ1n) is 7.42. The third-order valence-electron chi connectivity index (χ3n) is 2.41. The van der Waals surface area contributed by atoms with E-state index in [4.69, 9.17) is 9.47 Å². The number of carboxylic acids is 1. The molecular weight excluding hydrogens is 318 g/mol. The van der Waals surface area contributed by atoms with Gasteiger partial charge in [0.1, 0.15) is 17.2 Å². The van der Waals surface area contributed by atoms with Gasteiger partial charge in [0.15, 0.2) is 0 Å². The van der Waals surface area contributed by atoms with E-state index in [1.807, 2.05) is 0 Å². The van der Waals surface area contributed by atoms with E-state index in [0.717, 1.165) is 4.90 Å². The summed E-state index contributed by atoms with van der Waals surface area (Å²) in [6.07, 6.45) is -0.445. The number of carbonyl (C=O) groups is 3. The van der Waals surface area contributed by atoms with Gasteiger partial charge in [-0.2, -0.15) is 5.10 Å². The molecule has 0 unspecified atom stereocenters. The molecule has 0 aromatic carbocycles. The summed E-state index contributed by atoms with van der Waals surface area (Å²) in [5, 5.41) is 12.8. The summed E-state index contributed by atoms with van der Waals surface area (Å²) in [5.41, 5.74) is 0.719. The first kappa shape index (κ1) is 21.7. The van der Waals surface area contributed by atoms with Crippen LogP contribution in [0.3, 0.4) is 0 Å². The van der Waals surface area contributed by atoms with E-state index in [2.05, 4.69) is 10.5 Å². The van der Waals surface area contributed by atoms with Gasteiger partial charge in [-0.3, -0.25) is 4.90 Å². The second-order valence-electron chi connectivity index (χ2n) is 7.11. The zero-order chi connectivity index (χ0) is 19.1. The summed E-state index contributed by atoms with van der Waals surface area (Å²) in [5.74, 6) is -1.22. The Morgan fingerprint density at radius 2 is 1.62 bits per heavy atom. The molecule has 0 rings (SSSR count). The summed E-state index contributed by atoms with van der Waals surface area (Å²) < 4.78 is 10.1. The minimum absolute atomic E-state index is 0.110. The Labute approximate surface area is 142 Å². The van der Waals surface area contributed by atoms with Crippen LogP contribution in [0.2, 0.25) is 0 Å². The topological polar surface area (TPSA) is 118 Å². The van der Waals surface area contributed by atoms with E-state index in [0.29, 0.717) is 0 Å². The van der Waals surface area contributed by atoms with Gasteiger partial charge in [-0.25, -0.2) is 19.8 Å². The number of carboxylic acid groups (broad SMARTS) is 1. The van der Waals surface area contributed by atoms with E-state index < -0.39 is 35.4 Å². The van der Waals surface area contributed by atoms with E-state index in [-0.39, 0.29) is 6.42 Å². The van der Waals surface area contributed by atoms with Crippen molar-refractivity contribution in [1.29, 1.82) is 0 Å². The minimum atomic E-state index is -1.22. The van der Waals surface area contributed by atoms with Gasteiger partial charge in [0.05, 0.1) is 0 Å². The van der Waals surface area contributed by atoms with Gasteiger partial charge in [0.25, 0.3) is 0 Å². The van der Waals surface area contributed by atoms with Gasteiger partial charge in [-0.05, 0) is 41.5 Å². The van der Waals surface area contributed by atoms with Crippen LogP contribution >= 0.6 is 0 Å². The number of likely N-dealkylation sites (N-methyl/N-ethyl adjacent to an activating group) is 1. The Kier molecular flexibility index (Phi) is 7.69. The molecule has 2 N–H and O–H groups in total. The highest BCUT2D eigenvalue weighted by atomic mass is 16.6. The minimum Gasteiger partial charge on any atom is -0.480 e. The number of ether oxygens (including phenoxy) is 2. The molecule has 0 aliphatic rings. The largest absolute Gasteiger partial charge is 0.480 e. The quantitative estimate of drug-likeness (QED) is 0.582. The number of aliphatic carboxylic acids is 1. The lowest BCUT2D eigenvalue weighted by molar-refractivity contribution is -0.142. The lowest BCUT2D eigenvalue weighted by atomic mass is 10.2. The zero-order valence-corrected chi connectivity index (χ0v) is 15.2. The second-order valence-corrected chi connectivity index (χ2v) is 7.11. The van der Waals surface area contributed by atoms with Gasteiger partial charge in [0, 0.05) is 19.7 Å². The van der Waals surface area contributed by atoms with Gasteiger partial charge in [-0.1, -0.05) is 0 Å². The van der Waals surface area contributed by atoms with Crippen molar-refractivity contribution in [1.82, 2.24) is 10.3 Å². The van der Waals surface area contributed by atoms with Gasteiger partial charge in [-0.15, -0.1) is 0 Å². The highest BCUT2D eigenvalue weighted by Gasteiger charge is 2.29. The summed E-state index contributed by atoms with van der Waals surface area (Å²) in [4.78, 5) is 35.6. The summed E-state index contributed by atoms with van der Waals surface area (Å²) in [6.45, 7) is 10.1. The molecular formula is C15H27N3O6. The van der Waals surface area contributed by atoms with Gasteiger partial charge >= 0.3 is 18.2 Å². The molecule has 0 aromatic rings. The molecule has 0 spiro atoms. The van der Waals surface area contributed by atoms with Crippen molar-refractivity contribution in [3.63, 3.8) is 0 Å². The van der Waals surface area contributed by atoms with Crippen molar-refractivity contribution in [2.45, 2.75) is 65.2 Å². The standard InChI is InChI=1S/C15H27N3O6/c1-14(2,3)23-12(21)17-16-9-8-10(11(19)20)18(7)13(22)24-15(4,5)6/h9-10H,8H2,1-7H3,(H,17,21)(H,19,20)/b16-9+/t10-/m1/s1. The molecule has 9 heteroatoms. The molecule has 138 valence electrons. The second kappa shape index (κ2) is 8.51. The summed E-state index contributed by atoms with van der Waals surface area (Å²) >= 11 is 0. The Hall–Kier alpha value is -2.32. The Morgan fingerprint density at radius 3 is 2.04 bits per heavy atom. The maximum absolute atomic E-state index is 11.9. The van der Waals surface area contributed by atoms with Crippen LogP contribution < -0.4 is 5.43 Å². The van der Waals surface area contributed by atoms with Crippen LogP contribution in [0, 0.1) is 0 Å². The van der Waals surface area contributed by atoms with Crippen molar-refractivity contribution >= 4 is 24.4 Å². The van der Waals surface area contributed by atoms with Gasteiger partial charge < -0.3 is 14.6 Å². The number of hydrogen-bond donors (Lipinski definition) is 2. The number of hydrazone groups is 1. The number of hydrogen-bond acceptors (Lipinski definition) is 6. The van der Waals surface area contributed by atoms with Crippen molar-refractivity contribution < 1.29 is 29.0 Å². The SMILES string of the molecule is CN(C(=O)OC(C)(C)C)[C@H](C/C=N/NC(=O)OC(C)(C)C)C(=O)O. The first-order chi connectivity index (χ1) is 10.7. The molecule has 0 aliphatic carbocycles. The number of amides is 2. The molecule has 0 bridgehead atoms. The maximum atomic E-state index is 11.9. The highest BCUT2D eigenvalue weighted by molar-refractivity contribution is 5.83. The molecule has 24 heavy (non-hydrogen) atoms. The van der Waals surface area contributed by atoms with Crippen molar-refractivity contribution in [3.05, 3.63) is 0 Å². The zero-order valence-electron chi connectivity index (χ0n) is 15.2. The van der Waals surface area contributed by atoms with Crippen LogP contribution in [0.15, 0.2) is 5.10 Å². The average Bonchev–Trinajstić information content (AvgIpc) is 2.33. The number of nitrogens with zero attached hydrogens (tertiary/aromatic N) is 2. The average molecular weight is 345 g/mol. The van der Waals surface area contributed by atoms with Crippen LogP contribution in [0.4, 0.5) is 9.59 Å². The van der Waals surface area contributed by atoms with E-state index in [9.17, 15) is 19.5 Å². The molecule has 0 fully saturated rings. The molecule has 2 amide bonds. The van der Waals surface area contributed by atoms with Crippen molar-refractivity contribution in [3.8, 4) is 0 Å². The fourth-order valence-electron chi connectivity index (χ4n) is 1.44. The molecule has 0 aliphatic heterocycles. The molecule has 0 saturated heterocycles. The van der Waals surface area contributed by atoms with Crippen molar-refractivity contribution in [2.24, 2.45) is 5.10 Å². The van der Waals surface area contributed by atoms with Crippen LogP contribution in [0.5, 0.6) is 0 Å². The Morgan fingerprint density at radius 1 is 1.12 bits per heavy atom. The Balaban J connectivity index is 4.65. The van der Waals surface area contributed by atoms with Crippen LogP contribution in [-0.4, -0.2) is 58.7 Å². The summed E-state index contributed by atoms with van der Waals surface area (Å²) in [7, 11) is 1.32. The predicted octanol–water partition coefficient (Wildman–Crippen LogP) is 2.21. The Bertz CT molecular complexity index is 490. The third kappa shape index (κ3) is 9.65. The van der Waals surface area contributed by atoms with E-state index >= 15 is 0 Å². The molecule has 9 nitrogen and oxygen atoms in total. The van der Waals surface area contributed by atoms with Crippen LogP contribution in [0.25, 0.3) is 0 Å². The smallest absolute Gasteiger partial charge is 0.428 e. The number of rotatable bonds is 5. The fraction of sp³-hybridized carbons (Fsp3) is 0.733. The van der Waals surface area contributed by atoms with Crippen molar-refractivity contribution in [2.75, 3.05) is 7.05 Å². The lowest BCUT2D eigenvalue weighted by Gasteiger charge is -2.27.